The number of aryl methyl sites for hydroxylation is 1. The van der Waals surface area contributed by atoms with Crippen LogP contribution in [0.1, 0.15) is 42.7 Å². The van der Waals surface area contributed by atoms with E-state index < -0.39 is 36.5 Å². The average molecular weight is 1020 g/mol. The van der Waals surface area contributed by atoms with Gasteiger partial charge in [-0.15, -0.1) is 0 Å². The average Bonchev–Trinajstić information content (AvgIpc) is 3.78. The Balaban J connectivity index is 0.851. The molecule has 0 aliphatic carbocycles. The van der Waals surface area contributed by atoms with E-state index >= 15 is 8.78 Å². The van der Waals surface area contributed by atoms with Gasteiger partial charge in [0.25, 0.3) is 0 Å². The number of hydrogen-bond acceptors (Lipinski definition) is 13. The lowest BCUT2D eigenvalue weighted by molar-refractivity contribution is -0.134. The number of piperidine rings is 2. The second kappa shape index (κ2) is 20.5. The fourth-order valence-corrected chi connectivity index (χ4v) is 11.0. The smallest absolute Gasteiger partial charge is 0.234 e. The molecule has 0 saturated carbocycles. The van der Waals surface area contributed by atoms with Gasteiger partial charge in [-0.1, -0.05) is 30.3 Å². The minimum atomic E-state index is -2.76. The highest BCUT2D eigenvalue weighted by molar-refractivity contribution is 9.10. The number of ether oxygens (including phenoxy) is 1. The van der Waals surface area contributed by atoms with Crippen LogP contribution in [-0.4, -0.2) is 119 Å². The summed E-state index contributed by atoms with van der Waals surface area (Å²) < 4.78 is 52.4. The molecule has 3 saturated heterocycles. The molecule has 0 unspecified atom stereocenters. The zero-order valence-corrected chi connectivity index (χ0v) is 41.5. The molecule has 3 aromatic heterocycles. The SMILES string of the molecule is COc1cc(N2CCC(N3CCN(CCc4cc(F)c([C@H]5CCC(=O)NC5=O)c(F)c4)CC3)CC2)c(-c2cnn(C)c2)cc1Nc1ncc(Br)c(Nc2cnc(-c3ccccc3)cc2P(C)(C)=O)n1. The summed E-state index contributed by atoms with van der Waals surface area (Å²) in [4.78, 5) is 45.3. The summed E-state index contributed by atoms with van der Waals surface area (Å²) in [6, 6.07) is 18.9. The molecule has 9 rings (SSSR count). The van der Waals surface area contributed by atoms with E-state index in [-0.39, 0.29) is 18.4 Å². The first-order chi connectivity index (χ1) is 33.2. The van der Waals surface area contributed by atoms with E-state index in [2.05, 4.69) is 68.8 Å². The van der Waals surface area contributed by atoms with Crippen molar-refractivity contribution in [1.29, 1.82) is 0 Å². The Morgan fingerprint density at radius 3 is 2.28 bits per heavy atom. The van der Waals surface area contributed by atoms with E-state index in [1.54, 1.807) is 37.5 Å². The van der Waals surface area contributed by atoms with E-state index in [0.29, 0.717) is 63.2 Å². The molecule has 3 aliphatic rings. The molecule has 6 heterocycles. The molecule has 3 aromatic carbocycles. The van der Waals surface area contributed by atoms with Gasteiger partial charge in [-0.25, -0.2) is 13.8 Å². The maximum Gasteiger partial charge on any atom is 0.234 e. The van der Waals surface area contributed by atoms with Crippen LogP contribution in [0.15, 0.2) is 89.9 Å². The number of pyridine rings is 1. The van der Waals surface area contributed by atoms with Crippen LogP contribution in [0.3, 0.4) is 0 Å². The van der Waals surface area contributed by atoms with Crippen molar-refractivity contribution in [2.75, 3.05) is 81.8 Å². The topological polar surface area (TPSA) is 163 Å². The van der Waals surface area contributed by atoms with Crippen molar-refractivity contribution in [3.63, 3.8) is 0 Å². The molecule has 6 aromatic rings. The number of hydrogen-bond donors (Lipinski definition) is 3. The van der Waals surface area contributed by atoms with E-state index in [0.717, 1.165) is 80.2 Å². The van der Waals surface area contributed by atoms with Crippen molar-refractivity contribution < 1.29 is 27.7 Å². The number of benzene rings is 3. The molecule has 2 amide bonds. The molecular formula is C50H55BrF2N11O4P. The maximum absolute atomic E-state index is 15.2. The molecule has 1 atom stereocenters. The summed E-state index contributed by atoms with van der Waals surface area (Å²) in [5, 5.41) is 14.1. The first-order valence-corrected chi connectivity index (χ1v) is 26.5. The number of methoxy groups -OCH3 is 1. The van der Waals surface area contributed by atoms with Crippen molar-refractivity contribution >= 4 is 69.0 Å². The van der Waals surface area contributed by atoms with E-state index in [1.807, 2.05) is 55.8 Å². The molecule has 69 heavy (non-hydrogen) atoms. The number of piperazine rings is 1. The third-order valence-corrected chi connectivity index (χ3v) is 15.4. The molecule has 3 N–H and O–H groups in total. The number of halogens is 3. The predicted molar refractivity (Wildman–Crippen MR) is 269 cm³/mol. The van der Waals surface area contributed by atoms with Crippen molar-refractivity contribution in [2.45, 2.75) is 44.1 Å². The monoisotopic (exact) mass is 1020 g/mol. The van der Waals surface area contributed by atoms with Gasteiger partial charge in [0.05, 0.1) is 47.0 Å². The normalized spacial score (nSPS) is 17.5. The molecule has 3 fully saturated rings. The Morgan fingerprint density at radius 2 is 1.61 bits per heavy atom. The number of amides is 2. The van der Waals surface area contributed by atoms with Gasteiger partial charge in [0.15, 0.2) is 0 Å². The Bertz CT molecular complexity index is 2900. The highest BCUT2D eigenvalue weighted by Crippen LogP contribution is 2.43. The maximum atomic E-state index is 15.2. The van der Waals surface area contributed by atoms with Crippen LogP contribution in [0.4, 0.5) is 37.6 Å². The zero-order valence-electron chi connectivity index (χ0n) is 39.0. The van der Waals surface area contributed by atoms with Gasteiger partial charge in [0, 0.05) is 117 Å². The minimum Gasteiger partial charge on any atom is -0.494 e. The number of nitrogens with zero attached hydrogens (tertiary/aromatic N) is 8. The molecule has 0 radical (unpaired) electrons. The summed E-state index contributed by atoms with van der Waals surface area (Å²) in [6.45, 7) is 9.36. The van der Waals surface area contributed by atoms with E-state index in [9.17, 15) is 14.2 Å². The largest absolute Gasteiger partial charge is 0.494 e. The molecule has 19 heteroatoms. The van der Waals surface area contributed by atoms with Gasteiger partial charge in [0.2, 0.25) is 17.8 Å². The van der Waals surface area contributed by atoms with Crippen LogP contribution in [0.2, 0.25) is 0 Å². The van der Waals surface area contributed by atoms with Crippen LogP contribution in [0.25, 0.3) is 22.4 Å². The van der Waals surface area contributed by atoms with Crippen molar-refractivity contribution in [3.05, 3.63) is 113 Å². The fourth-order valence-electron chi connectivity index (χ4n) is 9.60. The Hall–Kier alpha value is -6.07. The van der Waals surface area contributed by atoms with Crippen LogP contribution in [0, 0.1) is 11.6 Å². The highest BCUT2D eigenvalue weighted by Gasteiger charge is 2.33. The third kappa shape index (κ3) is 10.9. The molecule has 0 spiro atoms. The number of anilines is 5. The minimum absolute atomic E-state index is 0.0570. The number of carbonyl (C=O) groups excluding carboxylic acids is 2. The van der Waals surface area contributed by atoms with Crippen LogP contribution in [0.5, 0.6) is 5.75 Å². The van der Waals surface area contributed by atoms with Crippen molar-refractivity contribution in [3.8, 4) is 28.1 Å². The number of nitrogens with one attached hydrogen (secondary N) is 3. The molecule has 0 bridgehead atoms. The first-order valence-electron chi connectivity index (χ1n) is 23.1. The molecule has 360 valence electrons. The summed E-state index contributed by atoms with van der Waals surface area (Å²) >= 11 is 3.60. The second-order valence-electron chi connectivity index (χ2n) is 18.2. The lowest BCUT2D eigenvalue weighted by atomic mass is 9.89. The van der Waals surface area contributed by atoms with Crippen LogP contribution in [-0.2, 0) is 27.6 Å². The highest BCUT2D eigenvalue weighted by atomic mass is 79.9. The fraction of sp³-hybridized carbons (Fsp3) is 0.360. The van der Waals surface area contributed by atoms with Gasteiger partial charge in [0.1, 0.15) is 30.3 Å². The number of aromatic nitrogens is 5. The van der Waals surface area contributed by atoms with E-state index in [4.69, 9.17) is 14.7 Å². The van der Waals surface area contributed by atoms with Crippen LogP contribution >= 0.6 is 23.1 Å². The summed E-state index contributed by atoms with van der Waals surface area (Å²) in [7, 11) is 0.789. The van der Waals surface area contributed by atoms with Crippen LogP contribution < -0.4 is 30.9 Å². The Kier molecular flexibility index (Phi) is 14.2. The van der Waals surface area contributed by atoms with Gasteiger partial charge in [-0.3, -0.25) is 29.5 Å². The van der Waals surface area contributed by atoms with Crippen molar-refractivity contribution in [1.82, 2.24) is 39.8 Å². The van der Waals surface area contributed by atoms with Crippen molar-refractivity contribution in [2.24, 2.45) is 7.05 Å². The van der Waals surface area contributed by atoms with Gasteiger partial charge >= 0.3 is 0 Å². The van der Waals surface area contributed by atoms with Gasteiger partial charge in [-0.2, -0.15) is 10.1 Å². The predicted octanol–water partition coefficient (Wildman–Crippen LogP) is 8.07. The Morgan fingerprint density at radius 1 is 0.870 bits per heavy atom. The first kappa shape index (κ1) is 48.0. The van der Waals surface area contributed by atoms with E-state index in [1.165, 1.54) is 12.1 Å². The molecule has 3 aliphatic heterocycles. The van der Waals surface area contributed by atoms with Gasteiger partial charge < -0.3 is 29.7 Å². The summed E-state index contributed by atoms with van der Waals surface area (Å²) in [6.07, 6.45) is 9.80. The zero-order chi connectivity index (χ0) is 48.4. The quantitative estimate of drug-likeness (QED) is 0.0710. The summed E-state index contributed by atoms with van der Waals surface area (Å²) in [5.74, 6) is -2.16. The lowest BCUT2D eigenvalue weighted by Gasteiger charge is -2.43. The summed E-state index contributed by atoms with van der Waals surface area (Å²) in [5.41, 5.74) is 6.17. The number of imide groups is 1. The number of rotatable bonds is 14. The number of carbonyl (C=O) groups is 2. The lowest BCUT2D eigenvalue weighted by Crippen LogP contribution is -2.53. The Labute approximate surface area is 408 Å². The second-order valence-corrected chi connectivity index (χ2v) is 22.3. The standard InChI is InChI=1S/C50H55BrF2N11O4P/c1-61-30-33(27-56-61)36-24-41(58-50-55-28-37(51)48(60-50)57-42-29-54-40(25-45(42)69(3,4)67)32-8-6-5-7-9-32)44(68-2)26-43(36)64-16-13-34(14-17-64)63-20-18-62(19-21-63)15-12-31-22-38(52)47(39(53)23-31)35-10-11-46(65)59-49(35)66/h5-9,22-30,34-35H,10-21H2,1-4H3,(H,59,65,66)(H2,55,57,58,60)/t35-/m1/s1. The molecular weight excluding hydrogens is 967 g/mol. The van der Waals surface area contributed by atoms with Gasteiger partial charge in [-0.05, 0) is 84.8 Å². The molecule has 15 nitrogen and oxygen atoms in total. The third-order valence-electron chi connectivity index (χ3n) is 13.3.